The van der Waals surface area contributed by atoms with E-state index in [9.17, 15) is 4.79 Å². The Morgan fingerprint density at radius 2 is 1.79 bits per heavy atom. The summed E-state index contributed by atoms with van der Waals surface area (Å²) < 4.78 is 1.08. The van der Waals surface area contributed by atoms with Crippen LogP contribution >= 0.6 is 15.9 Å². The summed E-state index contributed by atoms with van der Waals surface area (Å²) in [6.45, 7) is 7.53. The predicted molar refractivity (Wildman–Crippen MR) is 102 cm³/mol. The van der Waals surface area contributed by atoms with Gasteiger partial charge in [0.25, 0.3) is 5.91 Å². The third-order valence-electron chi connectivity index (χ3n) is 4.25. The van der Waals surface area contributed by atoms with Gasteiger partial charge in [-0.05, 0) is 35.7 Å². The van der Waals surface area contributed by atoms with Crippen molar-refractivity contribution >= 4 is 27.5 Å². The number of carbonyl (C=O) groups is 1. The number of anilines is 1. The fraction of sp³-hybridized carbons (Fsp3) is 0.350. The zero-order chi connectivity index (χ0) is 17.1. The number of benzene rings is 2. The molecule has 0 radical (unpaired) electrons. The molecule has 3 rings (SSSR count). The van der Waals surface area contributed by atoms with Crippen LogP contribution in [0.5, 0.6) is 0 Å². The van der Waals surface area contributed by atoms with Crippen molar-refractivity contribution in [1.29, 1.82) is 0 Å². The Labute approximate surface area is 152 Å². The van der Waals surface area contributed by atoms with Crippen molar-refractivity contribution in [2.75, 3.05) is 24.5 Å². The molecular weight excluding hydrogens is 364 g/mol. The minimum absolute atomic E-state index is 0.149. The molecule has 126 valence electrons. The summed E-state index contributed by atoms with van der Waals surface area (Å²) in [7, 11) is 0. The van der Waals surface area contributed by atoms with Crippen molar-refractivity contribution in [3.05, 3.63) is 64.1 Å². The van der Waals surface area contributed by atoms with Crippen molar-refractivity contribution in [3.8, 4) is 0 Å². The summed E-state index contributed by atoms with van der Waals surface area (Å²) in [6, 6.07) is 16.3. The van der Waals surface area contributed by atoms with E-state index in [4.69, 9.17) is 0 Å². The average molecular weight is 387 g/mol. The molecule has 2 aromatic rings. The molecule has 1 heterocycles. The summed E-state index contributed by atoms with van der Waals surface area (Å²) in [4.78, 5) is 17.2. The van der Waals surface area contributed by atoms with Gasteiger partial charge in [0.2, 0.25) is 0 Å². The number of hydrogen-bond acceptors (Lipinski definition) is 2. The van der Waals surface area contributed by atoms with E-state index in [1.807, 2.05) is 29.2 Å². The molecule has 0 saturated heterocycles. The summed E-state index contributed by atoms with van der Waals surface area (Å²) in [5.74, 6) is 0.619. The van der Waals surface area contributed by atoms with Crippen LogP contribution in [-0.4, -0.2) is 30.4 Å². The van der Waals surface area contributed by atoms with Crippen molar-refractivity contribution in [2.24, 2.45) is 5.92 Å². The largest absolute Gasteiger partial charge is 0.365 e. The summed E-state index contributed by atoms with van der Waals surface area (Å²) >= 11 is 3.54. The lowest BCUT2D eigenvalue weighted by atomic mass is 10.1. The maximum Gasteiger partial charge on any atom is 0.256 e. The Balaban J connectivity index is 1.91. The summed E-state index contributed by atoms with van der Waals surface area (Å²) in [5.41, 5.74) is 3.09. The maximum atomic E-state index is 12.9. The minimum atomic E-state index is 0.149. The number of amides is 1. The Kier molecular flexibility index (Phi) is 5.24. The van der Waals surface area contributed by atoms with Crippen molar-refractivity contribution < 1.29 is 4.79 Å². The molecule has 1 aliphatic heterocycles. The highest BCUT2D eigenvalue weighted by Crippen LogP contribution is 2.27. The monoisotopic (exact) mass is 386 g/mol. The molecule has 24 heavy (non-hydrogen) atoms. The van der Waals surface area contributed by atoms with Gasteiger partial charge in [-0.3, -0.25) is 4.79 Å². The SMILES string of the molecule is CC(C)CN1CCN(Cc2cccc(Br)c2)c2ccccc2C1=O. The van der Waals surface area contributed by atoms with Crippen LogP contribution in [0.15, 0.2) is 53.0 Å². The molecule has 0 saturated carbocycles. The van der Waals surface area contributed by atoms with E-state index in [1.54, 1.807) is 0 Å². The van der Waals surface area contributed by atoms with Crippen LogP contribution in [0.25, 0.3) is 0 Å². The quantitative estimate of drug-likeness (QED) is 0.768. The fourth-order valence-corrected chi connectivity index (χ4v) is 3.65. The van der Waals surface area contributed by atoms with E-state index in [0.29, 0.717) is 5.92 Å². The fourth-order valence-electron chi connectivity index (χ4n) is 3.20. The number of rotatable bonds is 4. The van der Waals surface area contributed by atoms with Crippen LogP contribution in [0.4, 0.5) is 5.69 Å². The van der Waals surface area contributed by atoms with Crippen molar-refractivity contribution in [3.63, 3.8) is 0 Å². The lowest BCUT2D eigenvalue weighted by Gasteiger charge is -2.25. The molecule has 3 nitrogen and oxygen atoms in total. The molecule has 0 fully saturated rings. The highest BCUT2D eigenvalue weighted by atomic mass is 79.9. The molecule has 4 heteroatoms. The van der Waals surface area contributed by atoms with Crippen LogP contribution in [0.2, 0.25) is 0 Å². The number of hydrogen-bond donors (Lipinski definition) is 0. The van der Waals surface area contributed by atoms with Gasteiger partial charge < -0.3 is 9.80 Å². The van der Waals surface area contributed by atoms with Gasteiger partial charge in [0.15, 0.2) is 0 Å². The van der Waals surface area contributed by atoms with Gasteiger partial charge in [-0.25, -0.2) is 0 Å². The van der Waals surface area contributed by atoms with Gasteiger partial charge in [0, 0.05) is 36.3 Å². The molecule has 1 amide bonds. The number of halogens is 1. The zero-order valence-electron chi connectivity index (χ0n) is 14.2. The van der Waals surface area contributed by atoms with E-state index >= 15 is 0 Å². The number of carbonyl (C=O) groups excluding carboxylic acids is 1. The third-order valence-corrected chi connectivity index (χ3v) is 4.74. The molecule has 0 aliphatic carbocycles. The Morgan fingerprint density at radius 1 is 1.04 bits per heavy atom. The van der Waals surface area contributed by atoms with Gasteiger partial charge in [-0.15, -0.1) is 0 Å². The molecule has 0 unspecified atom stereocenters. The minimum Gasteiger partial charge on any atom is -0.365 e. The summed E-state index contributed by atoms with van der Waals surface area (Å²) in [5, 5.41) is 0. The first-order valence-electron chi connectivity index (χ1n) is 8.42. The van der Waals surface area contributed by atoms with Gasteiger partial charge in [-0.1, -0.05) is 54.0 Å². The highest BCUT2D eigenvalue weighted by molar-refractivity contribution is 9.10. The van der Waals surface area contributed by atoms with Crippen LogP contribution < -0.4 is 4.90 Å². The van der Waals surface area contributed by atoms with Crippen LogP contribution in [0.1, 0.15) is 29.8 Å². The maximum absolute atomic E-state index is 12.9. The standard InChI is InChI=1S/C20H23BrN2O/c1-15(2)13-23-11-10-22(14-16-6-5-7-17(21)12-16)19-9-4-3-8-18(19)20(23)24/h3-9,12,15H,10-11,13-14H2,1-2H3. The number of fused-ring (bicyclic) bond motifs is 1. The smallest absolute Gasteiger partial charge is 0.256 e. The Morgan fingerprint density at radius 3 is 2.54 bits per heavy atom. The van der Waals surface area contributed by atoms with E-state index < -0.39 is 0 Å². The third kappa shape index (κ3) is 3.81. The van der Waals surface area contributed by atoms with E-state index in [0.717, 1.165) is 41.9 Å². The first kappa shape index (κ1) is 17.0. The average Bonchev–Trinajstić information content (AvgIpc) is 2.67. The molecule has 1 aliphatic rings. The first-order chi connectivity index (χ1) is 11.5. The number of nitrogens with zero attached hydrogens (tertiary/aromatic N) is 2. The van der Waals surface area contributed by atoms with Crippen LogP contribution in [0.3, 0.4) is 0 Å². The molecule has 0 aromatic heterocycles. The molecule has 0 spiro atoms. The second-order valence-corrected chi connectivity index (χ2v) is 7.63. The molecular formula is C20H23BrN2O. The van der Waals surface area contributed by atoms with Crippen LogP contribution in [0, 0.1) is 5.92 Å². The van der Waals surface area contributed by atoms with Crippen molar-refractivity contribution in [2.45, 2.75) is 20.4 Å². The second-order valence-electron chi connectivity index (χ2n) is 6.71. The normalized spacial score (nSPS) is 14.8. The van der Waals surface area contributed by atoms with Crippen molar-refractivity contribution in [1.82, 2.24) is 4.90 Å². The van der Waals surface area contributed by atoms with Crippen LogP contribution in [-0.2, 0) is 6.54 Å². The zero-order valence-corrected chi connectivity index (χ0v) is 15.8. The Bertz CT molecular complexity index is 729. The van der Waals surface area contributed by atoms with Gasteiger partial charge in [-0.2, -0.15) is 0 Å². The lowest BCUT2D eigenvalue weighted by molar-refractivity contribution is 0.0748. The molecule has 0 atom stereocenters. The van der Waals surface area contributed by atoms with Gasteiger partial charge in [0.1, 0.15) is 0 Å². The molecule has 0 N–H and O–H groups in total. The topological polar surface area (TPSA) is 23.6 Å². The van der Waals surface area contributed by atoms with E-state index in [2.05, 4.69) is 58.9 Å². The van der Waals surface area contributed by atoms with Gasteiger partial charge >= 0.3 is 0 Å². The van der Waals surface area contributed by atoms with Gasteiger partial charge in [0.05, 0.1) is 5.56 Å². The van der Waals surface area contributed by atoms with E-state index in [-0.39, 0.29) is 5.91 Å². The predicted octanol–water partition coefficient (Wildman–Crippen LogP) is 4.57. The summed E-state index contributed by atoms with van der Waals surface area (Å²) in [6.07, 6.45) is 0. The number of para-hydroxylation sites is 1. The highest BCUT2D eigenvalue weighted by Gasteiger charge is 2.26. The molecule has 0 bridgehead atoms. The molecule has 2 aromatic carbocycles. The van der Waals surface area contributed by atoms with E-state index in [1.165, 1.54) is 5.56 Å². The Hall–Kier alpha value is -1.81. The first-order valence-corrected chi connectivity index (χ1v) is 9.21. The lowest BCUT2D eigenvalue weighted by Crippen LogP contribution is -2.36. The second kappa shape index (κ2) is 7.39.